The van der Waals surface area contributed by atoms with Crippen molar-refractivity contribution in [3.63, 3.8) is 0 Å². The Morgan fingerprint density at radius 1 is 1.60 bits per heavy atom. The van der Waals surface area contributed by atoms with Crippen LogP contribution in [0.1, 0.15) is 24.7 Å². The summed E-state index contributed by atoms with van der Waals surface area (Å²) in [6, 6.07) is 4.32. The Hall–Kier alpha value is -1.34. The van der Waals surface area contributed by atoms with E-state index in [0.717, 1.165) is 24.4 Å². The first-order valence-electron chi connectivity index (χ1n) is 5.12. The zero-order valence-electron chi connectivity index (χ0n) is 9.83. The second-order valence-corrected chi connectivity index (χ2v) is 4.09. The average molecular weight is 206 g/mol. The molecule has 15 heavy (non-hydrogen) atoms. The fourth-order valence-corrected chi connectivity index (χ4v) is 1.47. The largest absolute Gasteiger partial charge is 0.303 e. The van der Waals surface area contributed by atoms with E-state index in [1.54, 1.807) is 0 Å². The first-order chi connectivity index (χ1) is 7.00. The highest BCUT2D eigenvalue weighted by molar-refractivity contribution is 5.08. The maximum absolute atomic E-state index is 9.00. The van der Waals surface area contributed by atoms with Gasteiger partial charge in [-0.25, -0.2) is 0 Å². The summed E-state index contributed by atoms with van der Waals surface area (Å²) >= 11 is 0. The molecule has 0 radical (unpaired) electrons. The van der Waals surface area contributed by atoms with Crippen molar-refractivity contribution < 1.29 is 0 Å². The molecule has 1 unspecified atom stereocenters. The summed E-state index contributed by atoms with van der Waals surface area (Å²) in [5.41, 5.74) is 1.70. The molecule has 4 heteroatoms. The van der Waals surface area contributed by atoms with Crippen LogP contribution in [0.2, 0.25) is 0 Å². The summed E-state index contributed by atoms with van der Waals surface area (Å²) in [5, 5.41) is 16.4. The zero-order chi connectivity index (χ0) is 11.5. The Morgan fingerprint density at radius 2 is 2.27 bits per heavy atom. The molecule has 0 aliphatic carbocycles. The molecule has 1 atom stereocenters. The molecule has 0 amide bonds. The number of nitriles is 1. The predicted octanol–water partition coefficient (Wildman–Crippen LogP) is 1.39. The molecule has 0 fully saturated rings. The third-order valence-electron chi connectivity index (χ3n) is 2.73. The fraction of sp³-hybridized carbons (Fsp3) is 0.636. The zero-order valence-corrected chi connectivity index (χ0v) is 9.83. The van der Waals surface area contributed by atoms with Crippen molar-refractivity contribution in [2.75, 3.05) is 7.05 Å². The van der Waals surface area contributed by atoms with E-state index in [1.807, 2.05) is 38.6 Å². The second-order valence-electron chi connectivity index (χ2n) is 4.09. The van der Waals surface area contributed by atoms with E-state index in [9.17, 15) is 0 Å². The van der Waals surface area contributed by atoms with Crippen molar-refractivity contribution in [2.24, 2.45) is 0 Å². The summed E-state index contributed by atoms with van der Waals surface area (Å²) in [5.74, 6) is 0. The summed E-state index contributed by atoms with van der Waals surface area (Å²) in [6.45, 7) is 6.68. The van der Waals surface area contributed by atoms with E-state index in [1.165, 1.54) is 0 Å². The molecule has 0 bridgehead atoms. The molecule has 82 valence electrons. The third kappa shape index (κ3) is 2.80. The van der Waals surface area contributed by atoms with E-state index in [0.29, 0.717) is 0 Å². The van der Waals surface area contributed by atoms with Crippen LogP contribution in [0.25, 0.3) is 0 Å². The van der Waals surface area contributed by atoms with Crippen LogP contribution in [-0.2, 0) is 6.54 Å². The lowest BCUT2D eigenvalue weighted by Gasteiger charge is -2.20. The van der Waals surface area contributed by atoms with Crippen molar-refractivity contribution in [2.45, 2.75) is 39.3 Å². The molecule has 1 aromatic rings. The van der Waals surface area contributed by atoms with Crippen molar-refractivity contribution in [1.29, 1.82) is 5.26 Å². The van der Waals surface area contributed by atoms with Gasteiger partial charge in [-0.05, 0) is 40.3 Å². The number of hydrogen-bond donors (Lipinski definition) is 1. The van der Waals surface area contributed by atoms with Gasteiger partial charge in [0.1, 0.15) is 5.54 Å². The lowest BCUT2D eigenvalue weighted by molar-refractivity contribution is 0.405. The number of hydrogen-bond acceptors (Lipinski definition) is 3. The van der Waals surface area contributed by atoms with Gasteiger partial charge in [-0.1, -0.05) is 0 Å². The van der Waals surface area contributed by atoms with E-state index < -0.39 is 5.54 Å². The molecule has 0 saturated heterocycles. The Labute approximate surface area is 90.9 Å². The van der Waals surface area contributed by atoms with Gasteiger partial charge in [0.15, 0.2) is 0 Å². The van der Waals surface area contributed by atoms with Crippen LogP contribution >= 0.6 is 0 Å². The van der Waals surface area contributed by atoms with Gasteiger partial charge in [0, 0.05) is 12.2 Å². The highest BCUT2D eigenvalue weighted by atomic mass is 15.3. The van der Waals surface area contributed by atoms with Crippen LogP contribution in [0.15, 0.2) is 6.07 Å². The van der Waals surface area contributed by atoms with Gasteiger partial charge in [0.25, 0.3) is 0 Å². The third-order valence-corrected chi connectivity index (χ3v) is 2.73. The van der Waals surface area contributed by atoms with Crippen LogP contribution in [0.4, 0.5) is 0 Å². The standard InChI is InChI=1S/C11H18N4/c1-9-7-10(2)15(14-9)6-5-11(3,8-12)13-4/h7,13H,5-6H2,1-4H3. The first kappa shape index (κ1) is 11.7. The lowest BCUT2D eigenvalue weighted by Crippen LogP contribution is -2.39. The SMILES string of the molecule is CNC(C)(C#N)CCn1nc(C)cc1C. The summed E-state index contributed by atoms with van der Waals surface area (Å²) in [7, 11) is 1.81. The number of nitrogens with one attached hydrogen (secondary N) is 1. The molecular formula is C11H18N4. The average Bonchev–Trinajstić information content (AvgIpc) is 2.54. The molecule has 0 aliphatic rings. The topological polar surface area (TPSA) is 53.6 Å². The summed E-state index contributed by atoms with van der Waals surface area (Å²) < 4.78 is 1.95. The highest BCUT2D eigenvalue weighted by Crippen LogP contribution is 2.10. The van der Waals surface area contributed by atoms with E-state index in [2.05, 4.69) is 16.5 Å². The molecule has 1 aromatic heterocycles. The molecular weight excluding hydrogens is 188 g/mol. The molecule has 0 saturated carbocycles. The van der Waals surface area contributed by atoms with Crippen LogP contribution in [-0.4, -0.2) is 22.4 Å². The molecule has 4 nitrogen and oxygen atoms in total. The van der Waals surface area contributed by atoms with Crippen LogP contribution in [0.5, 0.6) is 0 Å². The van der Waals surface area contributed by atoms with Gasteiger partial charge in [-0.15, -0.1) is 0 Å². The van der Waals surface area contributed by atoms with Crippen molar-refractivity contribution in [3.05, 3.63) is 17.5 Å². The second kappa shape index (κ2) is 4.45. The molecule has 1 heterocycles. The molecule has 1 rings (SSSR count). The smallest absolute Gasteiger partial charge is 0.105 e. The Bertz CT molecular complexity index is 374. The van der Waals surface area contributed by atoms with Crippen LogP contribution in [0, 0.1) is 25.2 Å². The molecule has 1 N–H and O–H groups in total. The van der Waals surface area contributed by atoms with Crippen LogP contribution < -0.4 is 5.32 Å². The van der Waals surface area contributed by atoms with Gasteiger partial charge in [0.05, 0.1) is 11.8 Å². The Morgan fingerprint density at radius 3 is 2.67 bits per heavy atom. The maximum Gasteiger partial charge on any atom is 0.105 e. The van der Waals surface area contributed by atoms with Crippen molar-refractivity contribution in [3.8, 4) is 6.07 Å². The number of aromatic nitrogens is 2. The van der Waals surface area contributed by atoms with E-state index in [4.69, 9.17) is 5.26 Å². The van der Waals surface area contributed by atoms with Crippen molar-refractivity contribution >= 4 is 0 Å². The molecule has 0 spiro atoms. The number of rotatable bonds is 4. The van der Waals surface area contributed by atoms with Crippen molar-refractivity contribution in [1.82, 2.24) is 15.1 Å². The van der Waals surface area contributed by atoms with E-state index >= 15 is 0 Å². The van der Waals surface area contributed by atoms with Crippen LogP contribution in [0.3, 0.4) is 0 Å². The number of nitrogens with zero attached hydrogens (tertiary/aromatic N) is 3. The quantitative estimate of drug-likeness (QED) is 0.810. The van der Waals surface area contributed by atoms with Gasteiger partial charge in [0.2, 0.25) is 0 Å². The Kier molecular flexibility index (Phi) is 3.48. The maximum atomic E-state index is 9.00. The molecule has 0 aliphatic heterocycles. The van der Waals surface area contributed by atoms with Gasteiger partial charge in [-0.3, -0.25) is 4.68 Å². The lowest BCUT2D eigenvalue weighted by atomic mass is 10.0. The molecule has 0 aromatic carbocycles. The van der Waals surface area contributed by atoms with Gasteiger partial charge >= 0.3 is 0 Å². The van der Waals surface area contributed by atoms with Gasteiger partial charge in [-0.2, -0.15) is 10.4 Å². The number of aryl methyl sites for hydroxylation is 3. The fourth-order valence-electron chi connectivity index (χ4n) is 1.47. The monoisotopic (exact) mass is 206 g/mol. The normalized spacial score (nSPS) is 14.6. The minimum Gasteiger partial charge on any atom is -0.303 e. The highest BCUT2D eigenvalue weighted by Gasteiger charge is 2.21. The first-order valence-corrected chi connectivity index (χ1v) is 5.12. The van der Waals surface area contributed by atoms with Gasteiger partial charge < -0.3 is 5.32 Å². The minimum atomic E-state index is -0.466. The predicted molar refractivity (Wildman–Crippen MR) is 59.4 cm³/mol. The minimum absolute atomic E-state index is 0.466. The Balaban J connectivity index is 2.65. The summed E-state index contributed by atoms with van der Waals surface area (Å²) in [6.07, 6.45) is 0.752. The summed E-state index contributed by atoms with van der Waals surface area (Å²) in [4.78, 5) is 0. The van der Waals surface area contributed by atoms with E-state index in [-0.39, 0.29) is 0 Å².